The molecule has 0 amide bonds. The average Bonchev–Trinajstić information content (AvgIpc) is 2.60. The summed E-state index contributed by atoms with van der Waals surface area (Å²) in [4.78, 5) is 34.2. The molecule has 0 saturated carbocycles. The molecule has 2 heterocycles. The van der Waals surface area contributed by atoms with Crippen LogP contribution in [0.2, 0.25) is 5.02 Å². The fraction of sp³-hybridized carbons (Fsp3) is 0.176. The van der Waals surface area contributed by atoms with Gasteiger partial charge in [0.05, 0.1) is 27.7 Å². The molecule has 1 aromatic carbocycles. The number of halogens is 1. The second kappa shape index (κ2) is 6.90. The topological polar surface area (TPSA) is 105 Å². The van der Waals surface area contributed by atoms with Crippen LogP contribution in [0.4, 0.5) is 0 Å². The smallest absolute Gasteiger partial charge is 0.337 e. The maximum Gasteiger partial charge on any atom is 0.337 e. The molecule has 128 valence electrons. The molecule has 0 bridgehead atoms. The Morgan fingerprint density at radius 2 is 2.20 bits per heavy atom. The highest BCUT2D eigenvalue weighted by Crippen LogP contribution is 2.28. The van der Waals surface area contributed by atoms with Crippen LogP contribution in [-0.2, 0) is 13.0 Å². The molecule has 2 aromatic heterocycles. The van der Waals surface area contributed by atoms with Crippen LogP contribution in [-0.4, -0.2) is 26.0 Å². The monoisotopic (exact) mass is 359 g/mol. The van der Waals surface area contributed by atoms with E-state index in [9.17, 15) is 14.7 Å². The third-order valence-corrected chi connectivity index (χ3v) is 4.11. The number of fused-ring (bicyclic) bond motifs is 1. The largest absolute Gasteiger partial charge is 0.486 e. The summed E-state index contributed by atoms with van der Waals surface area (Å²) in [7, 11) is 0. The van der Waals surface area contributed by atoms with Crippen LogP contribution >= 0.6 is 11.6 Å². The number of hydrogen-bond donors (Lipinski definition) is 2. The number of aromatic carboxylic acids is 1. The fourth-order valence-corrected chi connectivity index (χ4v) is 2.73. The average molecular weight is 360 g/mol. The Kier molecular flexibility index (Phi) is 4.67. The lowest BCUT2D eigenvalue weighted by Gasteiger charge is -2.11. The summed E-state index contributed by atoms with van der Waals surface area (Å²) in [5, 5.41) is 9.88. The van der Waals surface area contributed by atoms with Crippen molar-refractivity contribution in [3.63, 3.8) is 0 Å². The minimum absolute atomic E-state index is 0.0239. The number of aryl methyl sites for hydroxylation is 1. The number of carboxylic acid groups (broad SMARTS) is 1. The van der Waals surface area contributed by atoms with Gasteiger partial charge in [0, 0.05) is 6.20 Å². The third-order valence-electron chi connectivity index (χ3n) is 3.67. The Hall–Kier alpha value is -2.93. The van der Waals surface area contributed by atoms with Gasteiger partial charge in [0.15, 0.2) is 0 Å². The predicted octanol–water partition coefficient (Wildman–Crippen LogP) is 2.81. The molecule has 0 aliphatic carbocycles. The fourth-order valence-electron chi connectivity index (χ4n) is 2.41. The van der Waals surface area contributed by atoms with E-state index in [2.05, 4.69) is 15.0 Å². The zero-order valence-electron chi connectivity index (χ0n) is 13.2. The number of aromatic amines is 1. The molecule has 8 heteroatoms. The van der Waals surface area contributed by atoms with E-state index in [4.69, 9.17) is 16.3 Å². The van der Waals surface area contributed by atoms with Gasteiger partial charge in [0.25, 0.3) is 5.56 Å². The van der Waals surface area contributed by atoms with Gasteiger partial charge >= 0.3 is 5.97 Å². The van der Waals surface area contributed by atoms with Gasteiger partial charge in [-0.2, -0.15) is 0 Å². The van der Waals surface area contributed by atoms with Crippen LogP contribution in [0.1, 0.15) is 28.7 Å². The van der Waals surface area contributed by atoms with Crippen molar-refractivity contribution in [2.24, 2.45) is 0 Å². The summed E-state index contributed by atoms with van der Waals surface area (Å²) in [5.74, 6) is -0.476. The minimum Gasteiger partial charge on any atom is -0.486 e. The van der Waals surface area contributed by atoms with Gasteiger partial charge < -0.3 is 14.8 Å². The van der Waals surface area contributed by atoms with E-state index in [-0.39, 0.29) is 22.8 Å². The first kappa shape index (κ1) is 16.9. The number of nitrogens with zero attached hydrogens (tertiary/aromatic N) is 2. The van der Waals surface area contributed by atoms with Gasteiger partial charge in [0.2, 0.25) is 0 Å². The third kappa shape index (κ3) is 3.46. The van der Waals surface area contributed by atoms with E-state index in [1.54, 1.807) is 12.1 Å². The second-order valence-electron chi connectivity index (χ2n) is 5.30. The molecule has 0 unspecified atom stereocenters. The highest BCUT2D eigenvalue weighted by Gasteiger charge is 2.15. The molecule has 0 aliphatic heterocycles. The Morgan fingerprint density at radius 1 is 1.40 bits per heavy atom. The van der Waals surface area contributed by atoms with E-state index >= 15 is 0 Å². The number of carbonyl (C=O) groups is 1. The Labute approximate surface area is 147 Å². The van der Waals surface area contributed by atoms with Gasteiger partial charge in [0.1, 0.15) is 18.2 Å². The maximum absolute atomic E-state index is 12.0. The van der Waals surface area contributed by atoms with Crippen molar-refractivity contribution in [3.05, 3.63) is 62.9 Å². The lowest BCUT2D eigenvalue weighted by atomic mass is 10.1. The molecule has 25 heavy (non-hydrogen) atoms. The van der Waals surface area contributed by atoms with E-state index in [1.165, 1.54) is 18.5 Å². The van der Waals surface area contributed by atoms with Crippen LogP contribution in [0, 0.1) is 0 Å². The molecule has 3 rings (SSSR count). The van der Waals surface area contributed by atoms with E-state index in [0.717, 1.165) is 0 Å². The number of aromatic nitrogens is 3. The molecule has 0 aliphatic rings. The summed E-state index contributed by atoms with van der Waals surface area (Å²) in [6.07, 6.45) is 3.57. The van der Waals surface area contributed by atoms with Crippen LogP contribution in [0.15, 0.2) is 35.4 Å². The normalized spacial score (nSPS) is 10.8. The Balaban J connectivity index is 1.90. The van der Waals surface area contributed by atoms with Crippen molar-refractivity contribution in [1.29, 1.82) is 0 Å². The van der Waals surface area contributed by atoms with Gasteiger partial charge in [-0.05, 0) is 30.2 Å². The van der Waals surface area contributed by atoms with E-state index in [0.29, 0.717) is 34.5 Å². The highest BCUT2D eigenvalue weighted by molar-refractivity contribution is 6.34. The number of rotatable bonds is 5. The van der Waals surface area contributed by atoms with Gasteiger partial charge in [-0.3, -0.25) is 9.78 Å². The summed E-state index contributed by atoms with van der Waals surface area (Å²) in [6.45, 7) is 1.84. The SMILES string of the molecule is CCc1cc(OCc2nc3cnccc3c(=O)[nH]2)cc(C(=O)O)c1Cl. The molecule has 7 nitrogen and oxygen atoms in total. The van der Waals surface area contributed by atoms with Crippen molar-refractivity contribution in [2.75, 3.05) is 0 Å². The predicted molar refractivity (Wildman–Crippen MR) is 92.3 cm³/mol. The van der Waals surface area contributed by atoms with Crippen molar-refractivity contribution >= 4 is 28.5 Å². The molecular weight excluding hydrogens is 346 g/mol. The van der Waals surface area contributed by atoms with Crippen LogP contribution in [0.25, 0.3) is 10.9 Å². The van der Waals surface area contributed by atoms with Crippen molar-refractivity contribution in [1.82, 2.24) is 15.0 Å². The Morgan fingerprint density at radius 3 is 2.92 bits per heavy atom. The highest BCUT2D eigenvalue weighted by atomic mass is 35.5. The van der Waals surface area contributed by atoms with E-state index in [1.807, 2.05) is 6.92 Å². The lowest BCUT2D eigenvalue weighted by Crippen LogP contribution is -2.14. The summed E-state index contributed by atoms with van der Waals surface area (Å²) in [5.41, 5.74) is 0.810. The molecule has 0 atom stereocenters. The lowest BCUT2D eigenvalue weighted by molar-refractivity contribution is 0.0696. The van der Waals surface area contributed by atoms with Crippen LogP contribution in [0.5, 0.6) is 5.75 Å². The number of carboxylic acids is 1. The number of ether oxygens (including phenoxy) is 1. The van der Waals surface area contributed by atoms with Crippen molar-refractivity contribution in [2.45, 2.75) is 20.0 Å². The molecule has 0 saturated heterocycles. The molecule has 0 spiro atoms. The molecule has 0 radical (unpaired) electrons. The Bertz CT molecular complexity index is 1020. The summed E-state index contributed by atoms with van der Waals surface area (Å²) in [6, 6.07) is 4.61. The number of nitrogens with one attached hydrogen (secondary N) is 1. The zero-order valence-corrected chi connectivity index (χ0v) is 14.0. The molecular formula is C17H14ClN3O4. The standard InChI is InChI=1S/C17H14ClN3O4/c1-2-9-5-10(6-12(15(9)18)17(23)24)25-8-14-20-13-7-19-4-3-11(13)16(22)21-14/h3-7H,2,8H2,1H3,(H,23,24)(H,20,21,22). The van der Waals surface area contributed by atoms with Crippen molar-refractivity contribution < 1.29 is 14.6 Å². The van der Waals surface area contributed by atoms with Gasteiger partial charge in [-0.25, -0.2) is 9.78 Å². The number of hydrogen-bond acceptors (Lipinski definition) is 5. The van der Waals surface area contributed by atoms with Crippen LogP contribution < -0.4 is 10.3 Å². The maximum atomic E-state index is 12.0. The summed E-state index contributed by atoms with van der Waals surface area (Å²) >= 11 is 6.08. The van der Waals surface area contributed by atoms with Crippen LogP contribution in [0.3, 0.4) is 0 Å². The second-order valence-corrected chi connectivity index (χ2v) is 5.67. The van der Waals surface area contributed by atoms with Gasteiger partial charge in [-0.1, -0.05) is 18.5 Å². The van der Waals surface area contributed by atoms with Gasteiger partial charge in [-0.15, -0.1) is 0 Å². The molecule has 0 fully saturated rings. The summed E-state index contributed by atoms with van der Waals surface area (Å²) < 4.78 is 5.61. The zero-order chi connectivity index (χ0) is 18.0. The number of benzene rings is 1. The van der Waals surface area contributed by atoms with E-state index < -0.39 is 5.97 Å². The van der Waals surface area contributed by atoms with Crippen molar-refractivity contribution in [3.8, 4) is 5.75 Å². The number of H-pyrrole nitrogens is 1. The number of pyridine rings is 1. The molecule has 3 aromatic rings. The minimum atomic E-state index is -1.13. The first-order chi connectivity index (χ1) is 12.0. The quantitative estimate of drug-likeness (QED) is 0.725. The first-order valence-corrected chi connectivity index (χ1v) is 7.88. The first-order valence-electron chi connectivity index (χ1n) is 7.51. The molecule has 2 N–H and O–H groups in total.